The number of benzene rings is 4. The number of hydrogen-bond donors (Lipinski definition) is 0. The van der Waals surface area contributed by atoms with Crippen LogP contribution in [0.25, 0.3) is 21.5 Å². The monoisotopic (exact) mass is 322 g/mol. The highest BCUT2D eigenvalue weighted by Crippen LogP contribution is 2.43. The number of fused-ring (bicyclic) bond motifs is 2. The van der Waals surface area contributed by atoms with Crippen LogP contribution in [-0.4, -0.2) is 0 Å². The van der Waals surface area contributed by atoms with Gasteiger partial charge < -0.3 is 0 Å². The van der Waals surface area contributed by atoms with Crippen molar-refractivity contribution in [1.82, 2.24) is 0 Å². The van der Waals surface area contributed by atoms with Crippen LogP contribution >= 0.6 is 0 Å². The lowest BCUT2D eigenvalue weighted by Gasteiger charge is -2.15. The zero-order valence-electron chi connectivity index (χ0n) is 13.8. The summed E-state index contributed by atoms with van der Waals surface area (Å²) in [6.45, 7) is 0. The van der Waals surface area contributed by atoms with Crippen molar-refractivity contribution in [3.05, 3.63) is 96.1 Å². The average Bonchev–Trinajstić information content (AvgIpc) is 3.16. The van der Waals surface area contributed by atoms with E-state index in [1.165, 1.54) is 32.7 Å². The van der Waals surface area contributed by atoms with Crippen LogP contribution in [0.5, 0.6) is 0 Å². The summed E-state index contributed by atoms with van der Waals surface area (Å²) >= 11 is 0. The minimum absolute atomic E-state index is 0.112. The van der Waals surface area contributed by atoms with Crippen LogP contribution in [-0.2, 0) is 0 Å². The summed E-state index contributed by atoms with van der Waals surface area (Å²) in [5.74, 6) is 0. The first kappa shape index (κ1) is 14.4. The number of azo groups is 1. The molecule has 4 aromatic rings. The molecular weight excluding hydrogens is 304 g/mol. The van der Waals surface area contributed by atoms with Crippen molar-refractivity contribution in [3.63, 3.8) is 0 Å². The third kappa shape index (κ3) is 2.42. The Bertz CT molecular complexity index is 1030. The van der Waals surface area contributed by atoms with Gasteiger partial charge in [0.25, 0.3) is 0 Å². The fourth-order valence-corrected chi connectivity index (χ4v) is 3.93. The Morgan fingerprint density at radius 2 is 1.16 bits per heavy atom. The minimum atomic E-state index is 0.112. The molecule has 0 aromatic heterocycles. The fraction of sp³-hybridized carbons (Fsp3) is 0.130. The van der Waals surface area contributed by atoms with E-state index in [4.69, 9.17) is 0 Å². The summed E-state index contributed by atoms with van der Waals surface area (Å²) in [7, 11) is 0. The Morgan fingerprint density at radius 3 is 1.84 bits per heavy atom. The van der Waals surface area contributed by atoms with Gasteiger partial charge in [-0.05, 0) is 38.7 Å². The van der Waals surface area contributed by atoms with Crippen molar-refractivity contribution >= 4 is 21.5 Å². The first-order valence-electron chi connectivity index (χ1n) is 8.75. The van der Waals surface area contributed by atoms with Crippen molar-refractivity contribution in [1.29, 1.82) is 0 Å². The average molecular weight is 322 g/mol. The normalized spacial score (nSPS) is 19.7. The van der Waals surface area contributed by atoms with Gasteiger partial charge in [-0.2, -0.15) is 10.2 Å². The molecule has 4 aromatic carbocycles. The molecule has 1 unspecified atom stereocenters. The van der Waals surface area contributed by atoms with Gasteiger partial charge in [0.05, 0.1) is 12.1 Å². The Hall–Kier alpha value is -3.00. The molecule has 0 saturated carbocycles. The van der Waals surface area contributed by atoms with Crippen LogP contribution in [0.4, 0.5) is 0 Å². The second-order valence-corrected chi connectivity index (χ2v) is 6.64. The summed E-state index contributed by atoms with van der Waals surface area (Å²) in [6.07, 6.45) is 0.933. The maximum absolute atomic E-state index is 4.69. The molecule has 0 spiro atoms. The van der Waals surface area contributed by atoms with Crippen LogP contribution < -0.4 is 0 Å². The van der Waals surface area contributed by atoms with Gasteiger partial charge in [-0.3, -0.25) is 0 Å². The maximum atomic E-state index is 4.69. The molecular formula is C23H18N2. The highest BCUT2D eigenvalue weighted by atomic mass is 15.2. The van der Waals surface area contributed by atoms with E-state index in [0.29, 0.717) is 0 Å². The standard InChI is InChI=1S/C23H18N2/c1-2-8-16(9-3-1)21-15-22(25-24-21)23-19-12-6-4-10-17(19)14-18-11-5-7-13-20(18)23/h1-14,21-22H,15H2/t21-,22?/m0/s1. The number of rotatable bonds is 2. The summed E-state index contributed by atoms with van der Waals surface area (Å²) in [6, 6.07) is 30.3. The predicted octanol–water partition coefficient (Wildman–Crippen LogP) is 6.63. The predicted molar refractivity (Wildman–Crippen MR) is 103 cm³/mol. The molecule has 1 aliphatic heterocycles. The molecule has 2 heteroatoms. The van der Waals surface area contributed by atoms with E-state index in [1.807, 2.05) is 6.07 Å². The number of nitrogens with zero attached hydrogens (tertiary/aromatic N) is 2. The van der Waals surface area contributed by atoms with Crippen LogP contribution in [0.1, 0.15) is 29.6 Å². The zero-order valence-corrected chi connectivity index (χ0v) is 13.8. The lowest BCUT2D eigenvalue weighted by molar-refractivity contribution is 0.665. The van der Waals surface area contributed by atoms with Crippen molar-refractivity contribution in [2.24, 2.45) is 10.2 Å². The first-order chi connectivity index (χ1) is 12.4. The molecule has 0 bridgehead atoms. The van der Waals surface area contributed by atoms with Gasteiger partial charge in [0, 0.05) is 6.42 Å². The third-order valence-corrected chi connectivity index (χ3v) is 5.12. The molecule has 0 radical (unpaired) electrons. The van der Waals surface area contributed by atoms with Crippen molar-refractivity contribution in [2.75, 3.05) is 0 Å². The van der Waals surface area contributed by atoms with Gasteiger partial charge in [0.15, 0.2) is 0 Å². The quantitative estimate of drug-likeness (QED) is 0.370. The zero-order chi connectivity index (χ0) is 16.6. The maximum Gasteiger partial charge on any atom is 0.0994 e. The lowest BCUT2D eigenvalue weighted by Crippen LogP contribution is -1.99. The van der Waals surface area contributed by atoms with Crippen LogP contribution in [0, 0.1) is 0 Å². The van der Waals surface area contributed by atoms with E-state index < -0.39 is 0 Å². The van der Waals surface area contributed by atoms with E-state index in [9.17, 15) is 0 Å². The van der Waals surface area contributed by atoms with Crippen LogP contribution in [0.2, 0.25) is 0 Å². The fourth-order valence-electron chi connectivity index (χ4n) is 3.93. The minimum Gasteiger partial charge on any atom is -0.185 e. The van der Waals surface area contributed by atoms with Gasteiger partial charge in [0.1, 0.15) is 0 Å². The smallest absolute Gasteiger partial charge is 0.0994 e. The second-order valence-electron chi connectivity index (χ2n) is 6.64. The molecule has 5 rings (SSSR count). The first-order valence-corrected chi connectivity index (χ1v) is 8.75. The SMILES string of the molecule is c1ccc([C@@H]2CC(c3c4ccccc4cc4ccccc34)N=N2)cc1. The Morgan fingerprint density at radius 1 is 0.600 bits per heavy atom. The van der Waals surface area contributed by atoms with Crippen LogP contribution in [0.15, 0.2) is 95.2 Å². The van der Waals surface area contributed by atoms with E-state index in [-0.39, 0.29) is 12.1 Å². The Kier molecular flexibility index (Phi) is 3.34. The summed E-state index contributed by atoms with van der Waals surface area (Å²) in [5, 5.41) is 14.4. The molecule has 0 saturated heterocycles. The third-order valence-electron chi connectivity index (χ3n) is 5.12. The lowest BCUT2D eigenvalue weighted by atomic mass is 9.89. The molecule has 2 atom stereocenters. The summed E-state index contributed by atoms with van der Waals surface area (Å²) in [4.78, 5) is 0. The Balaban J connectivity index is 1.66. The van der Waals surface area contributed by atoms with Gasteiger partial charge in [-0.25, -0.2) is 0 Å². The second kappa shape index (κ2) is 5.82. The van der Waals surface area contributed by atoms with Gasteiger partial charge in [-0.1, -0.05) is 78.9 Å². The number of hydrogen-bond acceptors (Lipinski definition) is 2. The molecule has 0 fully saturated rings. The van der Waals surface area contributed by atoms with Crippen molar-refractivity contribution in [2.45, 2.75) is 18.5 Å². The molecule has 0 amide bonds. The van der Waals surface area contributed by atoms with Crippen molar-refractivity contribution in [3.8, 4) is 0 Å². The van der Waals surface area contributed by atoms with Crippen LogP contribution in [0.3, 0.4) is 0 Å². The molecule has 0 aliphatic carbocycles. The van der Waals surface area contributed by atoms with E-state index in [0.717, 1.165) is 6.42 Å². The molecule has 120 valence electrons. The van der Waals surface area contributed by atoms with Gasteiger partial charge >= 0.3 is 0 Å². The van der Waals surface area contributed by atoms with Crippen molar-refractivity contribution < 1.29 is 0 Å². The topological polar surface area (TPSA) is 24.7 Å². The molecule has 1 aliphatic rings. The molecule has 25 heavy (non-hydrogen) atoms. The largest absolute Gasteiger partial charge is 0.185 e. The molecule has 2 nitrogen and oxygen atoms in total. The summed E-state index contributed by atoms with van der Waals surface area (Å²) < 4.78 is 0. The van der Waals surface area contributed by atoms with Gasteiger partial charge in [-0.15, -0.1) is 0 Å². The molecule has 1 heterocycles. The summed E-state index contributed by atoms with van der Waals surface area (Å²) in [5.41, 5.74) is 2.56. The van der Waals surface area contributed by atoms with E-state index in [2.05, 4.69) is 89.1 Å². The Labute approximate surface area is 146 Å². The highest BCUT2D eigenvalue weighted by molar-refractivity contribution is 6.02. The van der Waals surface area contributed by atoms with E-state index >= 15 is 0 Å². The molecule has 0 N–H and O–H groups in total. The van der Waals surface area contributed by atoms with E-state index in [1.54, 1.807) is 0 Å². The van der Waals surface area contributed by atoms with Gasteiger partial charge in [0.2, 0.25) is 0 Å². The highest BCUT2D eigenvalue weighted by Gasteiger charge is 2.27.